The van der Waals surface area contributed by atoms with Crippen LogP contribution in [0.1, 0.15) is 32.1 Å². The zero-order valence-electron chi connectivity index (χ0n) is 9.62. The van der Waals surface area contributed by atoms with Gasteiger partial charge in [-0.05, 0) is 57.8 Å². The topological polar surface area (TPSA) is 35.5 Å². The van der Waals surface area contributed by atoms with Crippen LogP contribution < -0.4 is 5.32 Å². The second kappa shape index (κ2) is 5.83. The summed E-state index contributed by atoms with van der Waals surface area (Å²) < 4.78 is 0. The van der Waals surface area contributed by atoms with Crippen LogP contribution in [-0.4, -0.2) is 48.8 Å². The number of aliphatic hydroxyl groups is 1. The molecule has 2 heterocycles. The molecule has 2 rings (SSSR count). The van der Waals surface area contributed by atoms with Gasteiger partial charge in [0.1, 0.15) is 0 Å². The number of aliphatic hydroxyl groups excluding tert-OH is 1. The molecule has 2 saturated heterocycles. The summed E-state index contributed by atoms with van der Waals surface area (Å²) in [7, 11) is 0. The van der Waals surface area contributed by atoms with Crippen molar-refractivity contribution in [3.8, 4) is 0 Å². The molecule has 0 aromatic carbocycles. The Morgan fingerprint density at radius 3 is 2.93 bits per heavy atom. The van der Waals surface area contributed by atoms with Gasteiger partial charge in [0.25, 0.3) is 0 Å². The molecule has 0 aromatic rings. The van der Waals surface area contributed by atoms with Crippen molar-refractivity contribution in [2.75, 3.05) is 32.8 Å². The predicted molar refractivity (Wildman–Crippen MR) is 61.9 cm³/mol. The lowest BCUT2D eigenvalue weighted by Crippen LogP contribution is -2.42. The Morgan fingerprint density at radius 1 is 1.27 bits per heavy atom. The van der Waals surface area contributed by atoms with Crippen molar-refractivity contribution < 1.29 is 5.11 Å². The monoisotopic (exact) mass is 212 g/mol. The van der Waals surface area contributed by atoms with Gasteiger partial charge in [0.05, 0.1) is 6.61 Å². The number of hydrogen-bond donors (Lipinski definition) is 2. The first-order valence-electron chi connectivity index (χ1n) is 6.46. The summed E-state index contributed by atoms with van der Waals surface area (Å²) in [5.74, 6) is 0.881. The highest BCUT2D eigenvalue weighted by molar-refractivity contribution is 4.78. The van der Waals surface area contributed by atoms with Gasteiger partial charge in [0, 0.05) is 6.04 Å². The van der Waals surface area contributed by atoms with Gasteiger partial charge < -0.3 is 10.4 Å². The molecule has 3 nitrogen and oxygen atoms in total. The molecule has 2 fully saturated rings. The Labute approximate surface area is 92.8 Å². The van der Waals surface area contributed by atoms with Gasteiger partial charge in [-0.1, -0.05) is 6.42 Å². The minimum absolute atomic E-state index is 0.350. The molecule has 0 aromatic heterocycles. The number of piperidine rings is 1. The molecule has 3 heteroatoms. The van der Waals surface area contributed by atoms with Crippen molar-refractivity contribution in [1.82, 2.24) is 10.2 Å². The van der Waals surface area contributed by atoms with E-state index in [0.29, 0.717) is 12.6 Å². The van der Waals surface area contributed by atoms with Gasteiger partial charge in [-0.2, -0.15) is 0 Å². The van der Waals surface area contributed by atoms with Crippen LogP contribution in [0.3, 0.4) is 0 Å². The molecule has 88 valence electrons. The van der Waals surface area contributed by atoms with Crippen LogP contribution in [0.15, 0.2) is 0 Å². The number of nitrogens with one attached hydrogen (secondary N) is 1. The summed E-state index contributed by atoms with van der Waals surface area (Å²) in [6.07, 6.45) is 6.46. The molecular weight excluding hydrogens is 188 g/mol. The maximum atomic E-state index is 9.30. The summed E-state index contributed by atoms with van der Waals surface area (Å²) in [4.78, 5) is 2.50. The second-order valence-electron chi connectivity index (χ2n) is 5.02. The Bertz CT molecular complexity index is 180. The van der Waals surface area contributed by atoms with Crippen molar-refractivity contribution in [3.05, 3.63) is 0 Å². The average molecular weight is 212 g/mol. The van der Waals surface area contributed by atoms with Crippen LogP contribution in [0.25, 0.3) is 0 Å². The normalized spacial score (nSPS) is 33.4. The van der Waals surface area contributed by atoms with Crippen molar-refractivity contribution in [1.29, 1.82) is 0 Å². The van der Waals surface area contributed by atoms with Gasteiger partial charge in [0.2, 0.25) is 0 Å². The van der Waals surface area contributed by atoms with Crippen molar-refractivity contribution in [2.24, 2.45) is 5.92 Å². The zero-order chi connectivity index (χ0) is 10.5. The number of likely N-dealkylation sites (tertiary alicyclic amines) is 1. The van der Waals surface area contributed by atoms with E-state index in [1.54, 1.807) is 0 Å². The molecule has 0 bridgehead atoms. The lowest BCUT2D eigenvalue weighted by Gasteiger charge is -2.35. The Kier molecular flexibility index (Phi) is 4.42. The van der Waals surface area contributed by atoms with E-state index < -0.39 is 0 Å². The zero-order valence-corrected chi connectivity index (χ0v) is 9.62. The van der Waals surface area contributed by atoms with E-state index in [0.717, 1.165) is 5.92 Å². The molecular formula is C12H24N2O. The first kappa shape index (κ1) is 11.4. The molecule has 0 saturated carbocycles. The van der Waals surface area contributed by atoms with Crippen LogP contribution in [0.4, 0.5) is 0 Å². The van der Waals surface area contributed by atoms with E-state index >= 15 is 0 Å². The van der Waals surface area contributed by atoms with Crippen molar-refractivity contribution in [2.45, 2.75) is 38.1 Å². The van der Waals surface area contributed by atoms with E-state index in [1.807, 2.05) is 0 Å². The molecule has 15 heavy (non-hydrogen) atoms. The van der Waals surface area contributed by atoms with Gasteiger partial charge in [-0.25, -0.2) is 0 Å². The SMILES string of the molecule is OCC1CCCCN1CCC1CCNC1. The summed E-state index contributed by atoms with van der Waals surface area (Å²) >= 11 is 0. The maximum absolute atomic E-state index is 9.30. The van der Waals surface area contributed by atoms with Crippen LogP contribution in [0.5, 0.6) is 0 Å². The van der Waals surface area contributed by atoms with Crippen molar-refractivity contribution in [3.63, 3.8) is 0 Å². The summed E-state index contributed by atoms with van der Waals surface area (Å²) in [5.41, 5.74) is 0. The molecule has 0 spiro atoms. The third kappa shape index (κ3) is 3.16. The minimum atomic E-state index is 0.350. The third-order valence-electron chi connectivity index (χ3n) is 3.95. The molecule has 2 aliphatic rings. The van der Waals surface area contributed by atoms with Gasteiger partial charge in [0.15, 0.2) is 0 Å². The molecule has 2 aliphatic heterocycles. The van der Waals surface area contributed by atoms with Gasteiger partial charge >= 0.3 is 0 Å². The second-order valence-corrected chi connectivity index (χ2v) is 5.02. The van der Waals surface area contributed by atoms with Crippen LogP contribution in [-0.2, 0) is 0 Å². The maximum Gasteiger partial charge on any atom is 0.0586 e. The molecule has 0 amide bonds. The van der Waals surface area contributed by atoms with Crippen LogP contribution >= 0.6 is 0 Å². The quantitative estimate of drug-likeness (QED) is 0.724. The van der Waals surface area contributed by atoms with E-state index in [4.69, 9.17) is 0 Å². The van der Waals surface area contributed by atoms with Crippen LogP contribution in [0, 0.1) is 5.92 Å². The van der Waals surface area contributed by atoms with E-state index in [9.17, 15) is 5.11 Å². The summed E-state index contributed by atoms with van der Waals surface area (Å²) in [6.45, 7) is 5.15. The fraction of sp³-hybridized carbons (Fsp3) is 1.00. The molecule has 2 atom stereocenters. The summed E-state index contributed by atoms with van der Waals surface area (Å²) in [6, 6.07) is 0.452. The van der Waals surface area contributed by atoms with E-state index in [1.165, 1.54) is 58.3 Å². The standard InChI is InChI=1S/C12H24N2O/c15-10-12-3-1-2-7-14(12)8-5-11-4-6-13-9-11/h11-13,15H,1-10H2. The predicted octanol–water partition coefficient (Wildman–Crippen LogP) is 0.833. The van der Waals surface area contributed by atoms with Crippen molar-refractivity contribution >= 4 is 0 Å². The number of nitrogens with zero attached hydrogens (tertiary/aromatic N) is 1. The third-order valence-corrected chi connectivity index (χ3v) is 3.95. The summed E-state index contributed by atoms with van der Waals surface area (Å²) in [5, 5.41) is 12.7. The van der Waals surface area contributed by atoms with E-state index in [2.05, 4.69) is 10.2 Å². The number of rotatable bonds is 4. The fourth-order valence-corrected chi connectivity index (χ4v) is 2.87. The molecule has 2 unspecified atom stereocenters. The first-order valence-corrected chi connectivity index (χ1v) is 6.46. The lowest BCUT2D eigenvalue weighted by molar-refractivity contribution is 0.0856. The fourth-order valence-electron chi connectivity index (χ4n) is 2.87. The minimum Gasteiger partial charge on any atom is -0.395 e. The molecule has 2 N–H and O–H groups in total. The van der Waals surface area contributed by atoms with Gasteiger partial charge in [-0.3, -0.25) is 4.90 Å². The molecule has 0 aliphatic carbocycles. The Morgan fingerprint density at radius 2 is 2.20 bits per heavy atom. The smallest absolute Gasteiger partial charge is 0.0586 e. The highest BCUT2D eigenvalue weighted by Crippen LogP contribution is 2.19. The highest BCUT2D eigenvalue weighted by atomic mass is 16.3. The lowest BCUT2D eigenvalue weighted by atomic mass is 10.00. The Hall–Kier alpha value is -0.120. The average Bonchev–Trinajstić information content (AvgIpc) is 2.79. The number of hydrogen-bond acceptors (Lipinski definition) is 3. The highest BCUT2D eigenvalue weighted by Gasteiger charge is 2.23. The van der Waals surface area contributed by atoms with Gasteiger partial charge in [-0.15, -0.1) is 0 Å². The largest absolute Gasteiger partial charge is 0.395 e. The Balaban J connectivity index is 1.71. The first-order chi connectivity index (χ1) is 7.40. The van der Waals surface area contributed by atoms with Crippen LogP contribution in [0.2, 0.25) is 0 Å². The molecule has 0 radical (unpaired) electrons. The van der Waals surface area contributed by atoms with E-state index in [-0.39, 0.29) is 0 Å².